The zero-order valence-corrected chi connectivity index (χ0v) is 9.27. The Morgan fingerprint density at radius 1 is 1.64 bits per heavy atom. The highest BCUT2D eigenvalue weighted by Gasteiger charge is 2.07. The van der Waals surface area contributed by atoms with Crippen LogP contribution in [-0.2, 0) is 0 Å². The van der Waals surface area contributed by atoms with E-state index in [0.29, 0.717) is 10.6 Å². The Bertz CT molecular complexity index is 355. The molecule has 3 nitrogen and oxygen atoms in total. The molecule has 0 aliphatic carbocycles. The van der Waals surface area contributed by atoms with Gasteiger partial charge in [0.1, 0.15) is 0 Å². The van der Waals surface area contributed by atoms with Crippen LogP contribution in [0.5, 0.6) is 0 Å². The lowest BCUT2D eigenvalue weighted by atomic mass is 10.2. The number of hydrogen-bond acceptors (Lipinski definition) is 3. The molecule has 0 saturated heterocycles. The van der Waals surface area contributed by atoms with E-state index in [9.17, 15) is 0 Å². The van der Waals surface area contributed by atoms with E-state index in [1.165, 1.54) is 0 Å². The van der Waals surface area contributed by atoms with Gasteiger partial charge in [0, 0.05) is 15.5 Å². The van der Waals surface area contributed by atoms with E-state index >= 15 is 0 Å². The van der Waals surface area contributed by atoms with E-state index in [1.807, 2.05) is 13.0 Å². The summed E-state index contributed by atoms with van der Waals surface area (Å²) in [6.45, 7) is 2.03. The van der Waals surface area contributed by atoms with Crippen molar-refractivity contribution >= 4 is 29.2 Å². The number of nitrogens with two attached hydrogens (primary N) is 1. The Kier molecular flexibility index (Phi) is 4.10. The standard InChI is InChI=1S/C9H11ClN2OS/c1-2-14-8-5-6(10)3-4-7(8)9(11)12-13/h3-5,13H,2H2,1H3,(H2,11,12). The van der Waals surface area contributed by atoms with Crippen molar-refractivity contribution in [3.63, 3.8) is 0 Å². The molecule has 0 radical (unpaired) electrons. The van der Waals surface area contributed by atoms with Gasteiger partial charge in [-0.3, -0.25) is 0 Å². The third-order valence-corrected chi connectivity index (χ3v) is 2.80. The minimum atomic E-state index is 0.109. The molecule has 0 aliphatic rings. The van der Waals surface area contributed by atoms with Gasteiger partial charge in [-0.1, -0.05) is 23.7 Å². The zero-order chi connectivity index (χ0) is 10.6. The molecule has 0 saturated carbocycles. The number of benzene rings is 1. The van der Waals surface area contributed by atoms with Crippen LogP contribution in [-0.4, -0.2) is 16.8 Å². The third-order valence-electron chi connectivity index (χ3n) is 1.63. The van der Waals surface area contributed by atoms with Gasteiger partial charge in [-0.15, -0.1) is 11.8 Å². The van der Waals surface area contributed by atoms with Crippen LogP contribution in [0.25, 0.3) is 0 Å². The summed E-state index contributed by atoms with van der Waals surface area (Å²) in [5.41, 5.74) is 6.23. The molecule has 0 bridgehead atoms. The third kappa shape index (κ3) is 2.56. The summed E-state index contributed by atoms with van der Waals surface area (Å²) in [6, 6.07) is 5.27. The maximum Gasteiger partial charge on any atom is 0.171 e. The van der Waals surface area contributed by atoms with Crippen molar-refractivity contribution in [3.8, 4) is 0 Å². The van der Waals surface area contributed by atoms with Gasteiger partial charge < -0.3 is 10.9 Å². The van der Waals surface area contributed by atoms with E-state index in [2.05, 4.69) is 5.16 Å². The first-order valence-corrected chi connectivity index (χ1v) is 5.45. The summed E-state index contributed by atoms with van der Waals surface area (Å²) in [5, 5.41) is 12.2. The molecule has 76 valence electrons. The van der Waals surface area contributed by atoms with Gasteiger partial charge in [-0.25, -0.2) is 0 Å². The van der Waals surface area contributed by atoms with E-state index in [1.54, 1.807) is 23.9 Å². The molecule has 0 heterocycles. The van der Waals surface area contributed by atoms with Crippen LogP contribution in [0, 0.1) is 0 Å². The number of amidine groups is 1. The van der Waals surface area contributed by atoms with Gasteiger partial charge in [0.15, 0.2) is 5.84 Å². The normalized spacial score (nSPS) is 11.7. The van der Waals surface area contributed by atoms with Crippen LogP contribution in [0.3, 0.4) is 0 Å². The van der Waals surface area contributed by atoms with Crippen LogP contribution in [0.2, 0.25) is 5.02 Å². The van der Waals surface area contributed by atoms with E-state index < -0.39 is 0 Å². The lowest BCUT2D eigenvalue weighted by Gasteiger charge is -2.06. The van der Waals surface area contributed by atoms with Crippen LogP contribution in [0.15, 0.2) is 28.3 Å². The van der Waals surface area contributed by atoms with Gasteiger partial charge in [0.05, 0.1) is 0 Å². The number of halogens is 1. The molecule has 0 amide bonds. The smallest absolute Gasteiger partial charge is 0.171 e. The van der Waals surface area contributed by atoms with Crippen LogP contribution in [0.4, 0.5) is 0 Å². The fourth-order valence-electron chi connectivity index (χ4n) is 1.04. The molecular formula is C9H11ClN2OS. The Morgan fingerprint density at radius 3 is 2.93 bits per heavy atom. The molecule has 0 fully saturated rings. The quantitative estimate of drug-likeness (QED) is 0.276. The molecule has 0 aromatic heterocycles. The predicted molar refractivity (Wildman–Crippen MR) is 60.4 cm³/mol. The van der Waals surface area contributed by atoms with Crippen molar-refractivity contribution in [2.75, 3.05) is 5.75 Å². The average Bonchev–Trinajstić information content (AvgIpc) is 2.17. The van der Waals surface area contributed by atoms with Gasteiger partial charge in [-0.05, 0) is 24.0 Å². The molecule has 0 aliphatic heterocycles. The van der Waals surface area contributed by atoms with Crippen LogP contribution in [0.1, 0.15) is 12.5 Å². The van der Waals surface area contributed by atoms with Gasteiger partial charge in [0.25, 0.3) is 0 Å². The maximum atomic E-state index is 8.57. The number of thioether (sulfide) groups is 1. The molecule has 0 spiro atoms. The SMILES string of the molecule is CCSc1cc(Cl)ccc1C(N)=NO. The van der Waals surface area contributed by atoms with Crippen molar-refractivity contribution in [2.24, 2.45) is 10.9 Å². The lowest BCUT2D eigenvalue weighted by Crippen LogP contribution is -2.14. The van der Waals surface area contributed by atoms with Crippen molar-refractivity contribution < 1.29 is 5.21 Å². The van der Waals surface area contributed by atoms with Crippen molar-refractivity contribution in [1.82, 2.24) is 0 Å². The summed E-state index contributed by atoms with van der Waals surface area (Å²) >= 11 is 7.45. The Balaban J connectivity index is 3.14. The highest BCUT2D eigenvalue weighted by molar-refractivity contribution is 7.99. The Morgan fingerprint density at radius 2 is 2.36 bits per heavy atom. The van der Waals surface area contributed by atoms with Gasteiger partial charge in [-0.2, -0.15) is 0 Å². The minimum absolute atomic E-state index is 0.109. The average molecular weight is 231 g/mol. The largest absolute Gasteiger partial charge is 0.409 e. The number of nitrogens with zero attached hydrogens (tertiary/aromatic N) is 1. The first kappa shape index (κ1) is 11.2. The van der Waals surface area contributed by atoms with Gasteiger partial charge >= 0.3 is 0 Å². The maximum absolute atomic E-state index is 8.57. The van der Waals surface area contributed by atoms with E-state index in [0.717, 1.165) is 10.6 Å². The second-order valence-corrected chi connectivity index (χ2v) is 4.30. The number of rotatable bonds is 3. The van der Waals surface area contributed by atoms with Crippen molar-refractivity contribution in [1.29, 1.82) is 0 Å². The molecular weight excluding hydrogens is 220 g/mol. The zero-order valence-electron chi connectivity index (χ0n) is 7.70. The summed E-state index contributed by atoms with van der Waals surface area (Å²) in [5.74, 6) is 1.02. The lowest BCUT2D eigenvalue weighted by molar-refractivity contribution is 0.318. The fourth-order valence-corrected chi connectivity index (χ4v) is 2.12. The second-order valence-electron chi connectivity index (χ2n) is 2.56. The molecule has 0 atom stereocenters. The molecule has 1 aromatic rings. The molecule has 5 heteroatoms. The molecule has 14 heavy (non-hydrogen) atoms. The van der Waals surface area contributed by atoms with E-state index in [4.69, 9.17) is 22.5 Å². The molecule has 1 aromatic carbocycles. The predicted octanol–water partition coefficient (Wildman–Crippen LogP) is 2.55. The topological polar surface area (TPSA) is 58.6 Å². The highest BCUT2D eigenvalue weighted by atomic mass is 35.5. The highest BCUT2D eigenvalue weighted by Crippen LogP contribution is 2.25. The molecule has 3 N–H and O–H groups in total. The van der Waals surface area contributed by atoms with Gasteiger partial charge in [0.2, 0.25) is 0 Å². The summed E-state index contributed by atoms with van der Waals surface area (Å²) in [6.07, 6.45) is 0. The Labute approximate surface area is 91.9 Å². The van der Waals surface area contributed by atoms with Crippen LogP contribution < -0.4 is 5.73 Å². The second kappa shape index (κ2) is 5.12. The van der Waals surface area contributed by atoms with Crippen molar-refractivity contribution in [3.05, 3.63) is 28.8 Å². The van der Waals surface area contributed by atoms with Crippen molar-refractivity contribution in [2.45, 2.75) is 11.8 Å². The minimum Gasteiger partial charge on any atom is -0.409 e. The summed E-state index contributed by atoms with van der Waals surface area (Å²) in [4.78, 5) is 0.926. The monoisotopic (exact) mass is 230 g/mol. The van der Waals surface area contributed by atoms with Crippen LogP contribution >= 0.6 is 23.4 Å². The molecule has 0 unspecified atom stereocenters. The molecule has 1 rings (SSSR count). The van der Waals surface area contributed by atoms with E-state index in [-0.39, 0.29) is 5.84 Å². The summed E-state index contributed by atoms with van der Waals surface area (Å²) in [7, 11) is 0. The summed E-state index contributed by atoms with van der Waals surface area (Å²) < 4.78 is 0. The number of hydrogen-bond donors (Lipinski definition) is 2. The fraction of sp³-hybridized carbons (Fsp3) is 0.222. The first-order valence-electron chi connectivity index (χ1n) is 4.09. The first-order chi connectivity index (χ1) is 6.69. The number of oxime groups is 1. The Hall–Kier alpha value is -0.870.